The molecule has 0 amide bonds. The summed E-state index contributed by atoms with van der Waals surface area (Å²) in [7, 11) is 1.81. The molecule has 0 saturated carbocycles. The molecular formula is C5H11BO3. The van der Waals surface area contributed by atoms with Crippen LogP contribution < -0.4 is 0 Å². The third kappa shape index (κ3) is 1.44. The van der Waals surface area contributed by atoms with E-state index in [1.165, 1.54) is 0 Å². The van der Waals surface area contributed by atoms with Gasteiger partial charge in [0, 0.05) is 6.42 Å². The monoisotopic (exact) mass is 130 g/mol. The highest BCUT2D eigenvalue weighted by Crippen LogP contribution is 2.16. The molecule has 1 aliphatic heterocycles. The molecule has 0 spiro atoms. The number of aliphatic hydroxyl groups excluding tert-OH is 2. The van der Waals surface area contributed by atoms with Crippen molar-refractivity contribution in [1.82, 2.24) is 0 Å². The molecular weight excluding hydrogens is 119 g/mol. The van der Waals surface area contributed by atoms with E-state index in [1.54, 1.807) is 7.85 Å². The molecule has 0 aromatic rings. The largest absolute Gasteiger partial charge is 0.394 e. The average molecular weight is 130 g/mol. The Kier molecular flexibility index (Phi) is 2.11. The first kappa shape index (κ1) is 7.06. The molecule has 4 heteroatoms. The summed E-state index contributed by atoms with van der Waals surface area (Å²) < 4.78 is 5.12. The van der Waals surface area contributed by atoms with Crippen molar-refractivity contribution in [1.29, 1.82) is 0 Å². The van der Waals surface area contributed by atoms with Crippen molar-refractivity contribution in [3.63, 3.8) is 0 Å². The molecule has 1 heterocycles. The van der Waals surface area contributed by atoms with Crippen LogP contribution in [0.15, 0.2) is 0 Å². The molecule has 2 N–H and O–H groups in total. The van der Waals surface area contributed by atoms with Gasteiger partial charge in [-0.2, -0.15) is 0 Å². The zero-order valence-electron chi connectivity index (χ0n) is 5.45. The van der Waals surface area contributed by atoms with Crippen molar-refractivity contribution in [3.8, 4) is 0 Å². The summed E-state index contributed by atoms with van der Waals surface area (Å²) in [5.41, 5.74) is 0. The van der Waals surface area contributed by atoms with Gasteiger partial charge in [0.25, 0.3) is 0 Å². The van der Waals surface area contributed by atoms with Crippen LogP contribution in [0, 0.1) is 0 Å². The Labute approximate surface area is 55.0 Å². The predicted molar refractivity (Wildman–Crippen MR) is 34.9 cm³/mol. The maximum absolute atomic E-state index is 9.06. The Morgan fingerprint density at radius 3 is 2.56 bits per heavy atom. The summed E-state index contributed by atoms with van der Waals surface area (Å²) in [5.74, 6) is 0. The van der Waals surface area contributed by atoms with Crippen LogP contribution in [-0.4, -0.2) is 42.9 Å². The lowest BCUT2D eigenvalue weighted by Gasteiger charge is -2.06. The summed E-state index contributed by atoms with van der Waals surface area (Å²) in [6.45, 7) is 0.0153. The molecule has 0 aromatic heterocycles. The summed E-state index contributed by atoms with van der Waals surface area (Å²) in [4.78, 5) is 0. The fraction of sp³-hybridized carbons (Fsp3) is 1.00. The van der Waals surface area contributed by atoms with Gasteiger partial charge in [-0.25, -0.2) is 0 Å². The minimum Gasteiger partial charge on any atom is -0.394 e. The second-order valence-electron chi connectivity index (χ2n) is 2.45. The number of rotatable bonds is 1. The van der Waals surface area contributed by atoms with Crippen LogP contribution in [0.2, 0.25) is 0 Å². The minimum absolute atomic E-state index is 0.0153. The lowest BCUT2D eigenvalue weighted by Crippen LogP contribution is -2.20. The Morgan fingerprint density at radius 2 is 2.33 bits per heavy atom. The van der Waals surface area contributed by atoms with Crippen molar-refractivity contribution in [2.75, 3.05) is 6.61 Å². The molecule has 0 bridgehead atoms. The molecule has 3 nitrogen and oxygen atoms in total. The van der Waals surface area contributed by atoms with Gasteiger partial charge in [-0.1, -0.05) is 0 Å². The van der Waals surface area contributed by atoms with Crippen molar-refractivity contribution in [2.24, 2.45) is 0 Å². The van der Waals surface area contributed by atoms with Crippen LogP contribution >= 0.6 is 0 Å². The van der Waals surface area contributed by atoms with Crippen LogP contribution in [0.4, 0.5) is 0 Å². The van der Waals surface area contributed by atoms with E-state index in [1.807, 2.05) is 0 Å². The van der Waals surface area contributed by atoms with Gasteiger partial charge in [0.15, 0.2) is 0 Å². The normalized spacial score (nSPS) is 43.6. The zero-order chi connectivity index (χ0) is 6.85. The highest BCUT2D eigenvalue weighted by atomic mass is 16.5. The van der Waals surface area contributed by atoms with E-state index in [-0.39, 0.29) is 24.8 Å². The van der Waals surface area contributed by atoms with E-state index in [2.05, 4.69) is 0 Å². The van der Waals surface area contributed by atoms with E-state index in [4.69, 9.17) is 14.9 Å². The molecule has 9 heavy (non-hydrogen) atoms. The molecule has 1 rings (SSSR count). The third-order valence-corrected chi connectivity index (χ3v) is 1.66. The maximum atomic E-state index is 9.06. The van der Waals surface area contributed by atoms with Gasteiger partial charge in [-0.05, 0) is 0 Å². The van der Waals surface area contributed by atoms with Crippen molar-refractivity contribution >= 4 is 7.85 Å². The molecule has 0 radical (unpaired) electrons. The standard InChI is InChI=1S/C5H11BO3/c6-5-4(8)1-3(2-7)9-5/h3-5,7-8H,1-2,6H2/t3-,4+,5+/m0/s1. The molecule has 0 unspecified atom stereocenters. The molecule has 1 aliphatic rings. The lowest BCUT2D eigenvalue weighted by atomic mass is 9.95. The van der Waals surface area contributed by atoms with Crippen molar-refractivity contribution < 1.29 is 14.9 Å². The van der Waals surface area contributed by atoms with Gasteiger partial charge in [-0.15, -0.1) is 0 Å². The Morgan fingerprint density at radius 1 is 1.67 bits per heavy atom. The SMILES string of the molecule is B[C@@H]1O[C@H](CO)C[C@H]1O. The Balaban J connectivity index is 2.35. The van der Waals surface area contributed by atoms with Gasteiger partial charge in [0.2, 0.25) is 0 Å². The fourth-order valence-electron chi connectivity index (χ4n) is 1.03. The summed E-state index contributed by atoms with van der Waals surface area (Å²) in [6, 6.07) is -0.109. The zero-order valence-corrected chi connectivity index (χ0v) is 5.45. The second-order valence-corrected chi connectivity index (χ2v) is 2.45. The molecule has 1 saturated heterocycles. The second kappa shape index (κ2) is 2.69. The van der Waals surface area contributed by atoms with Crippen molar-refractivity contribution in [3.05, 3.63) is 0 Å². The van der Waals surface area contributed by atoms with Crippen LogP contribution in [0.5, 0.6) is 0 Å². The van der Waals surface area contributed by atoms with E-state index in [0.29, 0.717) is 6.42 Å². The quantitative estimate of drug-likeness (QED) is 0.407. The first-order valence-electron chi connectivity index (χ1n) is 3.18. The lowest BCUT2D eigenvalue weighted by molar-refractivity contribution is 0.0307. The summed E-state index contributed by atoms with van der Waals surface area (Å²) in [5, 5.41) is 17.6. The molecule has 1 fully saturated rings. The Bertz CT molecular complexity index is 88.2. The Hall–Kier alpha value is -0.0551. The van der Waals surface area contributed by atoms with E-state index < -0.39 is 0 Å². The van der Waals surface area contributed by atoms with E-state index in [9.17, 15) is 0 Å². The van der Waals surface area contributed by atoms with Gasteiger partial charge in [-0.3, -0.25) is 0 Å². The van der Waals surface area contributed by atoms with Gasteiger partial charge < -0.3 is 14.9 Å². The van der Waals surface area contributed by atoms with Crippen LogP contribution in [0.3, 0.4) is 0 Å². The fourth-order valence-corrected chi connectivity index (χ4v) is 1.03. The van der Waals surface area contributed by atoms with Crippen LogP contribution in [0.25, 0.3) is 0 Å². The first-order chi connectivity index (χ1) is 4.24. The van der Waals surface area contributed by atoms with E-state index >= 15 is 0 Å². The molecule has 3 atom stereocenters. The first-order valence-corrected chi connectivity index (χ1v) is 3.18. The topological polar surface area (TPSA) is 49.7 Å². The average Bonchev–Trinajstić information content (AvgIpc) is 2.13. The minimum atomic E-state index is -0.387. The molecule has 0 aromatic carbocycles. The number of hydrogen-bond donors (Lipinski definition) is 2. The van der Waals surface area contributed by atoms with Crippen molar-refractivity contribution in [2.45, 2.75) is 24.6 Å². The maximum Gasteiger partial charge on any atom is 0.142 e. The highest BCUT2D eigenvalue weighted by molar-refractivity contribution is 6.11. The summed E-state index contributed by atoms with van der Waals surface area (Å²) >= 11 is 0. The predicted octanol–water partition coefficient (Wildman–Crippen LogP) is -1.91. The van der Waals surface area contributed by atoms with Gasteiger partial charge >= 0.3 is 0 Å². The highest BCUT2D eigenvalue weighted by Gasteiger charge is 2.29. The number of hydrogen-bond acceptors (Lipinski definition) is 3. The molecule has 0 aliphatic carbocycles. The third-order valence-electron chi connectivity index (χ3n) is 1.66. The van der Waals surface area contributed by atoms with Crippen LogP contribution in [-0.2, 0) is 4.74 Å². The number of ether oxygens (including phenoxy) is 1. The smallest absolute Gasteiger partial charge is 0.142 e. The number of aliphatic hydroxyl groups is 2. The molecule has 52 valence electrons. The summed E-state index contributed by atoms with van der Waals surface area (Å²) in [6.07, 6.45) is 0.0367. The van der Waals surface area contributed by atoms with Gasteiger partial charge in [0.05, 0.1) is 24.8 Å². The van der Waals surface area contributed by atoms with Gasteiger partial charge in [0.1, 0.15) is 7.85 Å². The van der Waals surface area contributed by atoms with Crippen LogP contribution in [0.1, 0.15) is 6.42 Å². The van der Waals surface area contributed by atoms with E-state index in [0.717, 1.165) is 0 Å².